The highest BCUT2D eigenvalue weighted by Gasteiger charge is 2.23. The van der Waals surface area contributed by atoms with E-state index < -0.39 is 5.60 Å². The van der Waals surface area contributed by atoms with Crippen LogP contribution in [0.2, 0.25) is 0 Å². The zero-order valence-electron chi connectivity index (χ0n) is 16.4. The molecule has 27 heavy (non-hydrogen) atoms. The van der Waals surface area contributed by atoms with Gasteiger partial charge in [0.05, 0.1) is 19.7 Å². The Kier molecular flexibility index (Phi) is 8.54. The van der Waals surface area contributed by atoms with E-state index in [9.17, 15) is 5.11 Å². The quantitative estimate of drug-likeness (QED) is 0.330. The topological polar surface area (TPSA) is 78.8 Å². The third-order valence-electron chi connectivity index (χ3n) is 4.08. The summed E-state index contributed by atoms with van der Waals surface area (Å²) in [6, 6.07) is 5.80. The van der Waals surface area contributed by atoms with E-state index in [1.807, 2.05) is 35.9 Å². The van der Waals surface area contributed by atoms with Crippen LogP contribution >= 0.6 is 11.3 Å². The van der Waals surface area contributed by atoms with E-state index >= 15 is 0 Å². The molecule has 0 radical (unpaired) electrons. The Hall–Kier alpha value is -2.12. The summed E-state index contributed by atoms with van der Waals surface area (Å²) in [7, 11) is 0. The molecule has 0 aromatic carbocycles. The number of aliphatic hydroxyl groups is 1. The minimum absolute atomic E-state index is 0.364. The van der Waals surface area contributed by atoms with Crippen molar-refractivity contribution in [2.75, 3.05) is 19.7 Å². The van der Waals surface area contributed by atoms with Crippen LogP contribution in [0.4, 0.5) is 0 Å². The first-order valence-electron chi connectivity index (χ1n) is 9.40. The van der Waals surface area contributed by atoms with Crippen LogP contribution in [-0.2, 0) is 12.1 Å². The van der Waals surface area contributed by atoms with Crippen molar-refractivity contribution in [3.8, 4) is 5.88 Å². The number of aliphatic imine (C=N–C) groups is 1. The molecule has 0 saturated heterocycles. The summed E-state index contributed by atoms with van der Waals surface area (Å²) in [5.74, 6) is 1.28. The number of rotatable bonds is 10. The maximum atomic E-state index is 10.7. The molecule has 3 N–H and O–H groups in total. The van der Waals surface area contributed by atoms with Crippen molar-refractivity contribution in [2.24, 2.45) is 4.99 Å². The number of guanidine groups is 1. The Morgan fingerprint density at radius 1 is 1.33 bits per heavy atom. The fourth-order valence-electron chi connectivity index (χ4n) is 2.42. The SMILES string of the molecule is CCCCOc1ncccc1CN=C(NCC)NCC(C)(O)c1ccsc1. The monoisotopic (exact) mass is 390 g/mol. The second-order valence-electron chi connectivity index (χ2n) is 6.50. The van der Waals surface area contributed by atoms with Gasteiger partial charge < -0.3 is 20.5 Å². The molecular formula is C20H30N4O2S. The van der Waals surface area contributed by atoms with E-state index in [1.54, 1.807) is 24.5 Å². The number of ether oxygens (including phenoxy) is 1. The molecule has 0 aliphatic carbocycles. The van der Waals surface area contributed by atoms with Crippen LogP contribution in [0.25, 0.3) is 0 Å². The molecule has 148 valence electrons. The number of nitrogens with zero attached hydrogens (tertiary/aromatic N) is 2. The van der Waals surface area contributed by atoms with Crippen LogP contribution in [0.1, 0.15) is 44.7 Å². The summed E-state index contributed by atoms with van der Waals surface area (Å²) < 4.78 is 5.77. The van der Waals surface area contributed by atoms with Crippen molar-refractivity contribution in [3.05, 3.63) is 46.3 Å². The highest BCUT2D eigenvalue weighted by molar-refractivity contribution is 7.08. The number of hydrogen-bond acceptors (Lipinski definition) is 5. The van der Waals surface area contributed by atoms with Gasteiger partial charge in [0.25, 0.3) is 0 Å². The van der Waals surface area contributed by atoms with Crippen molar-refractivity contribution in [3.63, 3.8) is 0 Å². The van der Waals surface area contributed by atoms with E-state index in [2.05, 4.69) is 27.5 Å². The zero-order chi connectivity index (χ0) is 19.5. The summed E-state index contributed by atoms with van der Waals surface area (Å²) in [6.45, 7) is 8.15. The van der Waals surface area contributed by atoms with Crippen molar-refractivity contribution < 1.29 is 9.84 Å². The largest absolute Gasteiger partial charge is 0.477 e. The van der Waals surface area contributed by atoms with Crippen LogP contribution in [0.5, 0.6) is 5.88 Å². The standard InChI is InChI=1S/C20H30N4O2S/c1-4-6-11-26-18-16(8-7-10-22-18)13-23-19(21-5-2)24-15-20(3,25)17-9-12-27-14-17/h7-10,12,14,25H,4-6,11,13,15H2,1-3H3,(H2,21,23,24). The van der Waals surface area contributed by atoms with Gasteiger partial charge in [0, 0.05) is 18.3 Å². The minimum atomic E-state index is -0.959. The molecule has 0 aliphatic rings. The van der Waals surface area contributed by atoms with Gasteiger partial charge in [-0.05, 0) is 48.7 Å². The molecule has 0 amide bonds. The van der Waals surface area contributed by atoms with Crippen molar-refractivity contribution in [1.29, 1.82) is 0 Å². The molecule has 1 unspecified atom stereocenters. The highest BCUT2D eigenvalue weighted by atomic mass is 32.1. The first-order valence-corrected chi connectivity index (χ1v) is 10.3. The van der Waals surface area contributed by atoms with Gasteiger partial charge in [-0.3, -0.25) is 0 Å². The van der Waals surface area contributed by atoms with Crippen LogP contribution in [-0.4, -0.2) is 35.7 Å². The van der Waals surface area contributed by atoms with Crippen molar-refractivity contribution in [1.82, 2.24) is 15.6 Å². The summed E-state index contributed by atoms with van der Waals surface area (Å²) in [6.07, 6.45) is 3.82. The van der Waals surface area contributed by atoms with Crippen LogP contribution in [0, 0.1) is 0 Å². The summed E-state index contributed by atoms with van der Waals surface area (Å²) >= 11 is 1.57. The fraction of sp³-hybridized carbons (Fsp3) is 0.500. The number of unbranched alkanes of at least 4 members (excludes halogenated alkanes) is 1. The average Bonchev–Trinajstić information content (AvgIpc) is 3.21. The number of nitrogens with one attached hydrogen (secondary N) is 2. The highest BCUT2D eigenvalue weighted by Crippen LogP contribution is 2.22. The van der Waals surface area contributed by atoms with E-state index in [1.165, 1.54) is 0 Å². The average molecular weight is 391 g/mol. The first kappa shape index (κ1) is 21.2. The second-order valence-corrected chi connectivity index (χ2v) is 7.28. The Morgan fingerprint density at radius 2 is 2.19 bits per heavy atom. The van der Waals surface area contributed by atoms with Crippen molar-refractivity contribution in [2.45, 2.75) is 45.8 Å². The van der Waals surface area contributed by atoms with E-state index in [4.69, 9.17) is 4.74 Å². The fourth-order valence-corrected chi connectivity index (χ4v) is 3.21. The van der Waals surface area contributed by atoms with E-state index in [-0.39, 0.29) is 0 Å². The lowest BCUT2D eigenvalue weighted by Gasteiger charge is -2.24. The molecule has 1 atom stereocenters. The first-order chi connectivity index (χ1) is 13.1. The molecule has 0 fully saturated rings. The van der Waals surface area contributed by atoms with E-state index in [0.29, 0.717) is 31.5 Å². The number of hydrogen-bond donors (Lipinski definition) is 3. The lowest BCUT2D eigenvalue weighted by atomic mass is 9.99. The maximum absolute atomic E-state index is 10.7. The van der Waals surface area contributed by atoms with Crippen LogP contribution in [0.15, 0.2) is 40.1 Å². The third kappa shape index (κ3) is 6.84. The normalized spacial score (nSPS) is 13.9. The lowest BCUT2D eigenvalue weighted by molar-refractivity contribution is 0.0621. The van der Waals surface area contributed by atoms with Gasteiger partial charge in [-0.15, -0.1) is 0 Å². The van der Waals surface area contributed by atoms with Gasteiger partial charge >= 0.3 is 0 Å². The van der Waals surface area contributed by atoms with Gasteiger partial charge in [0.1, 0.15) is 5.60 Å². The molecule has 0 saturated carbocycles. The van der Waals surface area contributed by atoms with Gasteiger partial charge in [0.15, 0.2) is 5.96 Å². The summed E-state index contributed by atoms with van der Waals surface area (Å²) in [4.78, 5) is 8.95. The molecule has 7 heteroatoms. The van der Waals surface area contributed by atoms with Gasteiger partial charge in [-0.1, -0.05) is 19.4 Å². The minimum Gasteiger partial charge on any atom is -0.477 e. The van der Waals surface area contributed by atoms with E-state index in [0.717, 1.165) is 30.5 Å². The third-order valence-corrected chi connectivity index (χ3v) is 4.76. The predicted octanol–water partition coefficient (Wildman–Crippen LogP) is 3.28. The summed E-state index contributed by atoms with van der Waals surface area (Å²) in [5.41, 5.74) is 0.879. The second kappa shape index (κ2) is 10.9. The van der Waals surface area contributed by atoms with Gasteiger partial charge in [0.2, 0.25) is 5.88 Å². The van der Waals surface area contributed by atoms with Crippen LogP contribution < -0.4 is 15.4 Å². The number of aromatic nitrogens is 1. The number of thiophene rings is 1. The molecule has 6 nitrogen and oxygen atoms in total. The Morgan fingerprint density at radius 3 is 2.89 bits per heavy atom. The molecule has 2 heterocycles. The molecular weight excluding hydrogens is 360 g/mol. The summed E-state index contributed by atoms with van der Waals surface area (Å²) in [5, 5.41) is 21.0. The molecule has 2 aromatic heterocycles. The molecule has 0 bridgehead atoms. The van der Waals surface area contributed by atoms with Crippen molar-refractivity contribution >= 4 is 17.3 Å². The predicted molar refractivity (Wildman–Crippen MR) is 111 cm³/mol. The van der Waals surface area contributed by atoms with Gasteiger partial charge in [-0.25, -0.2) is 9.98 Å². The lowest BCUT2D eigenvalue weighted by Crippen LogP contribution is -2.44. The zero-order valence-corrected chi connectivity index (χ0v) is 17.2. The smallest absolute Gasteiger partial charge is 0.218 e. The molecule has 2 rings (SSSR count). The Balaban J connectivity index is 2.01. The maximum Gasteiger partial charge on any atom is 0.218 e. The Labute approximate surface area is 165 Å². The molecule has 0 aliphatic heterocycles. The Bertz CT molecular complexity index is 702. The molecule has 0 spiro atoms. The van der Waals surface area contributed by atoms with Gasteiger partial charge in [-0.2, -0.15) is 11.3 Å². The molecule has 2 aromatic rings. The number of pyridine rings is 1. The van der Waals surface area contributed by atoms with Crippen LogP contribution in [0.3, 0.4) is 0 Å².